The molecule has 2 aromatic heterocycles. The van der Waals surface area contributed by atoms with Crippen molar-refractivity contribution in [1.82, 2.24) is 15.0 Å². The number of piperidine rings is 1. The number of hydrogen-bond acceptors (Lipinski definition) is 7. The van der Waals surface area contributed by atoms with E-state index in [0.29, 0.717) is 12.5 Å². The molecule has 2 aliphatic rings. The molecule has 188 valence electrons. The van der Waals surface area contributed by atoms with Crippen LogP contribution in [0.2, 0.25) is 0 Å². The van der Waals surface area contributed by atoms with Gasteiger partial charge in [0.1, 0.15) is 5.76 Å². The van der Waals surface area contributed by atoms with Crippen molar-refractivity contribution in [3.8, 4) is 5.88 Å². The van der Waals surface area contributed by atoms with Gasteiger partial charge in [0.05, 0.1) is 17.9 Å². The van der Waals surface area contributed by atoms with Gasteiger partial charge in [-0.1, -0.05) is 5.16 Å². The predicted octanol–water partition coefficient (Wildman–Crippen LogP) is 3.99. The lowest BCUT2D eigenvalue weighted by Crippen LogP contribution is -2.47. The molecular weight excluding hydrogens is 462 g/mol. The zero-order valence-corrected chi connectivity index (χ0v) is 18.7. The number of pyridine rings is 1. The summed E-state index contributed by atoms with van der Waals surface area (Å²) in [5.41, 5.74) is 0.917. The van der Waals surface area contributed by atoms with E-state index in [1.807, 2.05) is 13.0 Å². The second kappa shape index (κ2) is 11.1. The first-order chi connectivity index (χ1) is 16.1. The van der Waals surface area contributed by atoms with E-state index in [1.165, 1.54) is 6.07 Å². The Balaban J connectivity index is 0.000000406. The summed E-state index contributed by atoms with van der Waals surface area (Å²) in [5, 5.41) is 11.2. The van der Waals surface area contributed by atoms with Crippen LogP contribution in [-0.2, 0) is 16.1 Å². The lowest BCUT2D eigenvalue weighted by atomic mass is 9.78. The maximum Gasteiger partial charge on any atom is 0.490 e. The highest BCUT2D eigenvalue weighted by Crippen LogP contribution is 2.42. The van der Waals surface area contributed by atoms with E-state index < -0.39 is 18.0 Å². The van der Waals surface area contributed by atoms with E-state index in [0.717, 1.165) is 63.4 Å². The maximum atomic E-state index is 13.6. The third-order valence-electron chi connectivity index (χ3n) is 6.04. The molecule has 1 atom stereocenters. The molecule has 0 aromatic carbocycles. The summed E-state index contributed by atoms with van der Waals surface area (Å²) in [7, 11) is 0. The topological polar surface area (TPSA) is 97.9 Å². The molecule has 1 unspecified atom stereocenters. The monoisotopic (exact) mass is 489 g/mol. The van der Waals surface area contributed by atoms with Crippen LogP contribution in [0.1, 0.15) is 37.1 Å². The zero-order chi connectivity index (χ0) is 24.8. The van der Waals surface area contributed by atoms with Gasteiger partial charge in [-0.2, -0.15) is 13.2 Å². The minimum atomic E-state index is -5.08. The highest BCUT2D eigenvalue weighted by molar-refractivity contribution is 5.73. The molecule has 0 bridgehead atoms. The Morgan fingerprint density at radius 1 is 1.35 bits per heavy atom. The Morgan fingerprint density at radius 3 is 2.65 bits per heavy atom. The number of carboxylic acids is 1. The molecular formula is C22H27F4N3O5. The van der Waals surface area contributed by atoms with Gasteiger partial charge in [0.15, 0.2) is 5.82 Å². The lowest BCUT2D eigenvalue weighted by Gasteiger charge is -2.42. The summed E-state index contributed by atoms with van der Waals surface area (Å²) in [5.74, 6) is -1.79. The fourth-order valence-corrected chi connectivity index (χ4v) is 4.33. The van der Waals surface area contributed by atoms with Gasteiger partial charge in [0.2, 0.25) is 5.88 Å². The third kappa shape index (κ3) is 6.89. The molecule has 8 nitrogen and oxygen atoms in total. The molecule has 2 aliphatic heterocycles. The number of rotatable bonds is 6. The standard InChI is InChI=1S/C20H26FN3O3.C2HF3O2/c1-15-13-17(23-27-15)14-24-9-6-20(7-10-24)16(5-12-26-20)4-11-25-19-18(21)3-2-8-22-19;3-2(4,5)1(6)7/h2-3,8,13,16H,4-7,9-12,14H2,1H3;(H,6,7). The normalized spacial score (nSPS) is 20.1. The van der Waals surface area contributed by atoms with Crippen LogP contribution in [0.25, 0.3) is 0 Å². The second-order valence-corrected chi connectivity index (χ2v) is 8.33. The smallest absolute Gasteiger partial charge is 0.476 e. The molecule has 1 N–H and O–H groups in total. The SMILES string of the molecule is Cc1cc(CN2CCC3(CC2)OCCC3CCOc2ncccc2F)no1.O=C(O)C(F)(F)F. The molecule has 4 heterocycles. The largest absolute Gasteiger partial charge is 0.490 e. The molecule has 2 aromatic rings. The maximum absolute atomic E-state index is 13.6. The predicted molar refractivity (Wildman–Crippen MR) is 111 cm³/mol. The van der Waals surface area contributed by atoms with Gasteiger partial charge in [-0.15, -0.1) is 0 Å². The van der Waals surface area contributed by atoms with Gasteiger partial charge in [-0.05, 0) is 50.7 Å². The molecule has 0 radical (unpaired) electrons. The fraction of sp³-hybridized carbons (Fsp3) is 0.591. The van der Waals surface area contributed by atoms with Crippen molar-refractivity contribution >= 4 is 5.97 Å². The first-order valence-corrected chi connectivity index (χ1v) is 10.9. The van der Waals surface area contributed by atoms with Crippen LogP contribution in [0.4, 0.5) is 17.6 Å². The average molecular weight is 489 g/mol. The number of hydrogen-bond donors (Lipinski definition) is 1. The van der Waals surface area contributed by atoms with E-state index in [4.69, 9.17) is 23.9 Å². The summed E-state index contributed by atoms with van der Waals surface area (Å²) in [4.78, 5) is 15.2. The molecule has 2 saturated heterocycles. The van der Waals surface area contributed by atoms with E-state index >= 15 is 0 Å². The average Bonchev–Trinajstić information content (AvgIpc) is 3.37. The van der Waals surface area contributed by atoms with Gasteiger partial charge in [-0.25, -0.2) is 14.2 Å². The molecule has 1 spiro atoms. The highest BCUT2D eigenvalue weighted by Gasteiger charge is 2.45. The first kappa shape index (κ1) is 25.9. The van der Waals surface area contributed by atoms with E-state index in [2.05, 4.69) is 15.0 Å². The first-order valence-electron chi connectivity index (χ1n) is 10.9. The quantitative estimate of drug-likeness (QED) is 0.609. The number of ether oxygens (including phenoxy) is 2. The van der Waals surface area contributed by atoms with Crippen molar-refractivity contribution in [3.05, 3.63) is 41.7 Å². The summed E-state index contributed by atoms with van der Waals surface area (Å²) in [6.45, 7) is 5.96. The zero-order valence-electron chi connectivity index (χ0n) is 18.7. The summed E-state index contributed by atoms with van der Waals surface area (Å²) >= 11 is 0. The van der Waals surface area contributed by atoms with Gasteiger partial charge < -0.3 is 19.1 Å². The lowest BCUT2D eigenvalue weighted by molar-refractivity contribution is -0.192. The third-order valence-corrected chi connectivity index (χ3v) is 6.04. The van der Waals surface area contributed by atoms with Crippen molar-refractivity contribution in [1.29, 1.82) is 0 Å². The number of carboxylic acid groups (broad SMARTS) is 1. The van der Waals surface area contributed by atoms with Crippen LogP contribution in [0, 0.1) is 18.7 Å². The van der Waals surface area contributed by atoms with Crippen LogP contribution in [-0.4, -0.2) is 64.2 Å². The number of alkyl halides is 3. The van der Waals surface area contributed by atoms with E-state index in [9.17, 15) is 17.6 Å². The molecule has 4 rings (SSSR count). The van der Waals surface area contributed by atoms with Crippen LogP contribution < -0.4 is 4.74 Å². The second-order valence-electron chi connectivity index (χ2n) is 8.33. The van der Waals surface area contributed by atoms with Crippen molar-refractivity contribution in [2.24, 2.45) is 5.92 Å². The van der Waals surface area contributed by atoms with Crippen molar-refractivity contribution in [2.75, 3.05) is 26.3 Å². The number of halogens is 4. The number of nitrogens with zero attached hydrogens (tertiary/aromatic N) is 3. The number of carbonyl (C=O) groups is 1. The fourth-order valence-electron chi connectivity index (χ4n) is 4.33. The Bertz CT molecular complexity index is 945. The highest BCUT2D eigenvalue weighted by atomic mass is 19.4. The molecule has 0 aliphatic carbocycles. The Kier molecular flexibility index (Phi) is 8.47. The van der Waals surface area contributed by atoms with Crippen LogP contribution in [0.5, 0.6) is 5.88 Å². The Hall–Kier alpha value is -2.73. The summed E-state index contributed by atoms with van der Waals surface area (Å²) in [6.07, 6.45) is 0.374. The molecule has 0 amide bonds. The number of aryl methyl sites for hydroxylation is 1. The number of aromatic nitrogens is 2. The van der Waals surface area contributed by atoms with Gasteiger partial charge in [0.25, 0.3) is 0 Å². The van der Waals surface area contributed by atoms with Crippen LogP contribution in [0.15, 0.2) is 28.9 Å². The van der Waals surface area contributed by atoms with Crippen molar-refractivity contribution < 1.29 is 41.5 Å². The molecule has 2 fully saturated rings. The van der Waals surface area contributed by atoms with Crippen LogP contribution >= 0.6 is 0 Å². The number of likely N-dealkylation sites (tertiary alicyclic amines) is 1. The van der Waals surface area contributed by atoms with Crippen molar-refractivity contribution in [3.63, 3.8) is 0 Å². The van der Waals surface area contributed by atoms with E-state index in [-0.39, 0.29) is 11.5 Å². The van der Waals surface area contributed by atoms with Crippen molar-refractivity contribution in [2.45, 2.75) is 50.9 Å². The minimum absolute atomic E-state index is 0.0672. The molecule has 34 heavy (non-hydrogen) atoms. The van der Waals surface area contributed by atoms with Crippen LogP contribution in [0.3, 0.4) is 0 Å². The van der Waals surface area contributed by atoms with Gasteiger partial charge in [-0.3, -0.25) is 4.90 Å². The number of aliphatic carboxylic acids is 1. The Labute approximate surface area is 193 Å². The van der Waals surface area contributed by atoms with Gasteiger partial charge >= 0.3 is 12.1 Å². The molecule has 12 heteroatoms. The van der Waals surface area contributed by atoms with E-state index in [1.54, 1.807) is 12.3 Å². The molecule has 0 saturated carbocycles. The van der Waals surface area contributed by atoms with Gasteiger partial charge in [0, 0.05) is 38.5 Å². The summed E-state index contributed by atoms with van der Waals surface area (Å²) < 4.78 is 62.3. The Morgan fingerprint density at radius 2 is 2.06 bits per heavy atom. The minimum Gasteiger partial charge on any atom is -0.476 e. The summed E-state index contributed by atoms with van der Waals surface area (Å²) in [6, 6.07) is 4.93.